The van der Waals surface area contributed by atoms with Crippen LogP contribution in [0.4, 0.5) is 0 Å². The van der Waals surface area contributed by atoms with E-state index >= 15 is 0 Å². The maximum absolute atomic E-state index is 10.8. The first-order valence-electron chi connectivity index (χ1n) is 6.08. The molecule has 1 aliphatic heterocycles. The molecule has 1 unspecified atom stereocenters. The van der Waals surface area contributed by atoms with Crippen molar-refractivity contribution in [1.82, 2.24) is 0 Å². The van der Waals surface area contributed by atoms with Crippen molar-refractivity contribution < 1.29 is 9.84 Å². The van der Waals surface area contributed by atoms with E-state index in [1.807, 2.05) is 11.8 Å². The normalized spacial score (nSPS) is 30.4. The van der Waals surface area contributed by atoms with Crippen molar-refractivity contribution >= 4 is 11.8 Å². The standard InChI is InChI=1S/C13H26O2S/c1-11(2)8-9-16-10-13(11,14)7-6-12(3,4)15-5/h14H,6-10H2,1-5H3. The first kappa shape index (κ1) is 14.3. The summed E-state index contributed by atoms with van der Waals surface area (Å²) in [5.41, 5.74) is -0.637. The monoisotopic (exact) mass is 246 g/mol. The number of hydrogen-bond acceptors (Lipinski definition) is 3. The van der Waals surface area contributed by atoms with Gasteiger partial charge in [0.1, 0.15) is 0 Å². The summed E-state index contributed by atoms with van der Waals surface area (Å²) in [4.78, 5) is 0. The minimum atomic E-state index is -0.536. The highest BCUT2D eigenvalue weighted by atomic mass is 32.2. The maximum atomic E-state index is 10.8. The summed E-state index contributed by atoms with van der Waals surface area (Å²) in [6.45, 7) is 8.54. The SMILES string of the molecule is COC(C)(C)CCC1(O)CSCCC1(C)C. The Labute approximate surface area is 104 Å². The molecule has 1 aliphatic rings. The molecule has 0 amide bonds. The number of ether oxygens (including phenoxy) is 1. The van der Waals surface area contributed by atoms with Crippen LogP contribution in [0.15, 0.2) is 0 Å². The molecule has 3 heteroatoms. The van der Waals surface area contributed by atoms with Crippen molar-refractivity contribution in [2.45, 2.75) is 58.2 Å². The van der Waals surface area contributed by atoms with E-state index in [-0.39, 0.29) is 11.0 Å². The van der Waals surface area contributed by atoms with Crippen LogP contribution in [0, 0.1) is 5.41 Å². The third-order valence-electron chi connectivity index (χ3n) is 4.17. The van der Waals surface area contributed by atoms with Gasteiger partial charge in [0.05, 0.1) is 11.2 Å². The highest BCUT2D eigenvalue weighted by Gasteiger charge is 2.45. The van der Waals surface area contributed by atoms with Gasteiger partial charge in [0.25, 0.3) is 0 Å². The lowest BCUT2D eigenvalue weighted by molar-refractivity contribution is -0.0790. The molecule has 96 valence electrons. The molecule has 0 aromatic rings. The quantitative estimate of drug-likeness (QED) is 0.826. The Bertz CT molecular complexity index is 238. The van der Waals surface area contributed by atoms with Crippen LogP contribution in [-0.4, -0.2) is 34.9 Å². The predicted molar refractivity (Wildman–Crippen MR) is 71.0 cm³/mol. The van der Waals surface area contributed by atoms with E-state index in [2.05, 4.69) is 27.7 Å². The van der Waals surface area contributed by atoms with Gasteiger partial charge >= 0.3 is 0 Å². The molecule has 1 heterocycles. The molecule has 1 saturated heterocycles. The average molecular weight is 246 g/mol. The Balaban J connectivity index is 2.63. The van der Waals surface area contributed by atoms with E-state index in [4.69, 9.17) is 4.74 Å². The maximum Gasteiger partial charge on any atom is 0.0789 e. The van der Waals surface area contributed by atoms with Crippen LogP contribution in [0.5, 0.6) is 0 Å². The molecule has 1 fully saturated rings. The van der Waals surface area contributed by atoms with Gasteiger partial charge in [-0.3, -0.25) is 0 Å². The molecule has 0 saturated carbocycles. The lowest BCUT2D eigenvalue weighted by atomic mass is 9.70. The average Bonchev–Trinajstić information content (AvgIpc) is 2.20. The molecule has 0 spiro atoms. The van der Waals surface area contributed by atoms with Gasteiger partial charge in [0.15, 0.2) is 0 Å². The summed E-state index contributed by atoms with van der Waals surface area (Å²) in [7, 11) is 1.74. The fourth-order valence-electron chi connectivity index (χ4n) is 2.02. The molecule has 1 N–H and O–H groups in total. The third kappa shape index (κ3) is 3.14. The van der Waals surface area contributed by atoms with Crippen LogP contribution in [0.3, 0.4) is 0 Å². The molecular weight excluding hydrogens is 220 g/mol. The molecule has 2 nitrogen and oxygen atoms in total. The van der Waals surface area contributed by atoms with Crippen molar-refractivity contribution in [1.29, 1.82) is 0 Å². The van der Waals surface area contributed by atoms with E-state index < -0.39 is 5.60 Å². The summed E-state index contributed by atoms with van der Waals surface area (Å²) in [6, 6.07) is 0. The first-order valence-corrected chi connectivity index (χ1v) is 7.23. The number of methoxy groups -OCH3 is 1. The fourth-order valence-corrected chi connectivity index (χ4v) is 3.69. The van der Waals surface area contributed by atoms with E-state index in [0.29, 0.717) is 0 Å². The fraction of sp³-hybridized carbons (Fsp3) is 1.00. The van der Waals surface area contributed by atoms with Crippen LogP contribution < -0.4 is 0 Å². The molecule has 0 radical (unpaired) electrons. The van der Waals surface area contributed by atoms with E-state index in [0.717, 1.165) is 25.0 Å². The highest BCUT2D eigenvalue weighted by Crippen LogP contribution is 2.45. The highest BCUT2D eigenvalue weighted by molar-refractivity contribution is 7.99. The van der Waals surface area contributed by atoms with Crippen LogP contribution >= 0.6 is 11.8 Å². The number of thioether (sulfide) groups is 1. The molecule has 0 aliphatic carbocycles. The van der Waals surface area contributed by atoms with Crippen LogP contribution in [0.2, 0.25) is 0 Å². The Kier molecular flexibility index (Phi) is 4.36. The molecule has 0 aromatic carbocycles. The van der Waals surface area contributed by atoms with E-state index in [1.165, 1.54) is 5.75 Å². The zero-order valence-electron chi connectivity index (χ0n) is 11.3. The largest absolute Gasteiger partial charge is 0.388 e. The lowest BCUT2D eigenvalue weighted by Gasteiger charge is -2.47. The zero-order chi connectivity index (χ0) is 12.4. The van der Waals surface area contributed by atoms with Gasteiger partial charge in [-0.05, 0) is 44.3 Å². The van der Waals surface area contributed by atoms with Gasteiger partial charge in [0, 0.05) is 12.9 Å². The summed E-state index contributed by atoms with van der Waals surface area (Å²) >= 11 is 1.87. The number of rotatable bonds is 4. The van der Waals surface area contributed by atoms with Crippen LogP contribution in [-0.2, 0) is 4.74 Å². The van der Waals surface area contributed by atoms with Crippen molar-refractivity contribution in [3.63, 3.8) is 0 Å². The summed E-state index contributed by atoms with van der Waals surface area (Å²) in [5, 5.41) is 10.8. The second-order valence-corrected chi connectivity index (χ2v) is 7.29. The topological polar surface area (TPSA) is 29.5 Å². The second kappa shape index (κ2) is 4.87. The number of hydrogen-bond donors (Lipinski definition) is 1. The molecule has 0 aromatic heterocycles. The van der Waals surface area contributed by atoms with Crippen molar-refractivity contribution in [2.24, 2.45) is 5.41 Å². The molecule has 16 heavy (non-hydrogen) atoms. The van der Waals surface area contributed by atoms with Crippen LogP contribution in [0.1, 0.15) is 47.0 Å². The second-order valence-electron chi connectivity index (χ2n) is 6.18. The van der Waals surface area contributed by atoms with Gasteiger partial charge in [0.2, 0.25) is 0 Å². The molecule has 1 rings (SSSR count). The smallest absolute Gasteiger partial charge is 0.0789 e. The van der Waals surface area contributed by atoms with E-state index in [9.17, 15) is 5.11 Å². The molecular formula is C13H26O2S. The van der Waals surface area contributed by atoms with Gasteiger partial charge in [-0.1, -0.05) is 13.8 Å². The van der Waals surface area contributed by atoms with Crippen molar-refractivity contribution in [3.8, 4) is 0 Å². The Morgan fingerprint density at radius 2 is 2.00 bits per heavy atom. The van der Waals surface area contributed by atoms with Crippen LogP contribution in [0.25, 0.3) is 0 Å². The summed E-state index contributed by atoms with van der Waals surface area (Å²) in [6.07, 6.45) is 2.83. The minimum absolute atomic E-state index is 0.0298. The Morgan fingerprint density at radius 3 is 2.50 bits per heavy atom. The minimum Gasteiger partial charge on any atom is -0.388 e. The zero-order valence-corrected chi connectivity index (χ0v) is 12.1. The Morgan fingerprint density at radius 1 is 1.38 bits per heavy atom. The first-order chi connectivity index (χ1) is 7.22. The predicted octanol–water partition coefficient (Wildman–Crippen LogP) is 3.09. The lowest BCUT2D eigenvalue weighted by Crippen LogP contribution is -2.50. The van der Waals surface area contributed by atoms with Crippen molar-refractivity contribution in [3.05, 3.63) is 0 Å². The van der Waals surface area contributed by atoms with Gasteiger partial charge in [-0.25, -0.2) is 0 Å². The summed E-state index contributed by atoms with van der Waals surface area (Å²) < 4.78 is 5.42. The van der Waals surface area contributed by atoms with Crippen molar-refractivity contribution in [2.75, 3.05) is 18.6 Å². The number of aliphatic hydroxyl groups is 1. The Hall–Kier alpha value is 0.270. The molecule has 1 atom stereocenters. The third-order valence-corrected chi connectivity index (χ3v) is 5.34. The van der Waals surface area contributed by atoms with Gasteiger partial charge in [-0.2, -0.15) is 11.8 Å². The molecule has 0 bridgehead atoms. The van der Waals surface area contributed by atoms with E-state index in [1.54, 1.807) is 7.11 Å². The van der Waals surface area contributed by atoms with Gasteiger partial charge in [-0.15, -0.1) is 0 Å². The van der Waals surface area contributed by atoms with Gasteiger partial charge < -0.3 is 9.84 Å². The summed E-state index contributed by atoms with van der Waals surface area (Å²) in [5.74, 6) is 2.03.